The van der Waals surface area contributed by atoms with Crippen LogP contribution in [0.1, 0.15) is 22.7 Å². The molecule has 0 aliphatic carbocycles. The number of carbonyl (C=O) groups excluding carboxylic acids is 2. The largest absolute Gasteiger partial charge is 0.364 e. The molecule has 5 N–H and O–H groups in total. The first-order chi connectivity index (χ1) is 8.66. The Hall–Kier alpha value is -2.71. The van der Waals surface area contributed by atoms with Crippen molar-refractivity contribution < 1.29 is 9.59 Å². The van der Waals surface area contributed by atoms with Crippen LogP contribution in [-0.4, -0.2) is 37.2 Å². The topological polar surface area (TPSA) is 142 Å². The minimum atomic E-state index is -0.682. The number of aromatic amines is 2. The molecule has 18 heavy (non-hydrogen) atoms. The Kier molecular flexibility index (Phi) is 3.32. The van der Waals surface area contributed by atoms with Crippen LogP contribution in [0.25, 0.3) is 0 Å². The number of primary amides is 1. The zero-order valence-electron chi connectivity index (χ0n) is 9.30. The number of aromatic nitrogens is 5. The Morgan fingerprint density at radius 1 is 1.33 bits per heavy atom. The Morgan fingerprint density at radius 3 is 2.83 bits per heavy atom. The molecule has 0 aromatic carbocycles. The number of amides is 2. The van der Waals surface area contributed by atoms with E-state index in [1.165, 1.54) is 12.5 Å². The molecule has 0 bridgehead atoms. The summed E-state index contributed by atoms with van der Waals surface area (Å²) in [5.74, 6) is -0.333. The standard InChI is InChI=1S/C9H11N7O2/c10-9(18)8-5(3-12-16-8)14-7(17)2-1-6-11-4-13-15-6/h3-4H,1-2H2,(H2,10,18)(H,12,16)(H,14,17)(H,11,13,15). The number of aryl methyl sites for hydroxylation is 1. The van der Waals surface area contributed by atoms with Crippen molar-refractivity contribution in [2.24, 2.45) is 5.73 Å². The monoisotopic (exact) mass is 249 g/mol. The first-order valence-corrected chi connectivity index (χ1v) is 5.14. The lowest BCUT2D eigenvalue weighted by Gasteiger charge is -2.02. The minimum Gasteiger partial charge on any atom is -0.364 e. The van der Waals surface area contributed by atoms with Crippen molar-refractivity contribution in [1.29, 1.82) is 0 Å². The van der Waals surface area contributed by atoms with Gasteiger partial charge in [0.15, 0.2) is 0 Å². The number of carbonyl (C=O) groups is 2. The molecule has 0 saturated heterocycles. The summed E-state index contributed by atoms with van der Waals surface area (Å²) >= 11 is 0. The summed E-state index contributed by atoms with van der Waals surface area (Å²) in [6, 6.07) is 0. The smallest absolute Gasteiger partial charge is 0.268 e. The molecule has 0 fully saturated rings. The predicted molar refractivity (Wildman–Crippen MR) is 60.4 cm³/mol. The SMILES string of the molecule is NC(=O)c1[nH]ncc1NC(=O)CCc1ncn[nH]1. The maximum Gasteiger partial charge on any atom is 0.268 e. The van der Waals surface area contributed by atoms with Gasteiger partial charge in [-0.2, -0.15) is 10.2 Å². The average Bonchev–Trinajstić information content (AvgIpc) is 2.96. The van der Waals surface area contributed by atoms with E-state index in [2.05, 4.69) is 30.7 Å². The van der Waals surface area contributed by atoms with Crippen LogP contribution < -0.4 is 11.1 Å². The molecule has 2 heterocycles. The van der Waals surface area contributed by atoms with Crippen LogP contribution >= 0.6 is 0 Å². The summed E-state index contributed by atoms with van der Waals surface area (Å²) in [7, 11) is 0. The average molecular weight is 249 g/mol. The molecule has 0 saturated carbocycles. The second-order valence-electron chi connectivity index (χ2n) is 3.50. The lowest BCUT2D eigenvalue weighted by Crippen LogP contribution is -2.18. The first-order valence-electron chi connectivity index (χ1n) is 5.14. The highest BCUT2D eigenvalue weighted by Gasteiger charge is 2.13. The highest BCUT2D eigenvalue weighted by atomic mass is 16.2. The summed E-state index contributed by atoms with van der Waals surface area (Å²) in [6.45, 7) is 0. The summed E-state index contributed by atoms with van der Waals surface area (Å²) in [6.07, 6.45) is 3.33. The molecule has 2 aromatic rings. The minimum absolute atomic E-state index is 0.0722. The maximum atomic E-state index is 11.6. The fourth-order valence-electron chi connectivity index (χ4n) is 1.36. The molecule has 0 spiro atoms. The number of hydrogen-bond acceptors (Lipinski definition) is 5. The van der Waals surface area contributed by atoms with Crippen molar-refractivity contribution in [2.45, 2.75) is 12.8 Å². The lowest BCUT2D eigenvalue weighted by atomic mass is 10.2. The van der Waals surface area contributed by atoms with Crippen LogP contribution in [0.5, 0.6) is 0 Å². The van der Waals surface area contributed by atoms with E-state index in [0.717, 1.165) is 0 Å². The Bertz CT molecular complexity index is 545. The van der Waals surface area contributed by atoms with Gasteiger partial charge in [-0.1, -0.05) is 0 Å². The molecule has 0 unspecified atom stereocenters. The summed E-state index contributed by atoms with van der Waals surface area (Å²) < 4.78 is 0. The molecule has 2 rings (SSSR count). The molecule has 0 aliphatic heterocycles. The summed E-state index contributed by atoms with van der Waals surface area (Å²) in [4.78, 5) is 26.5. The summed E-state index contributed by atoms with van der Waals surface area (Å²) in [5, 5.41) is 14.9. The maximum absolute atomic E-state index is 11.6. The predicted octanol–water partition coefficient (Wildman–Crippen LogP) is -0.802. The quantitative estimate of drug-likeness (QED) is 0.548. The van der Waals surface area contributed by atoms with Gasteiger partial charge in [0.2, 0.25) is 5.91 Å². The van der Waals surface area contributed by atoms with Gasteiger partial charge in [-0.05, 0) is 0 Å². The first kappa shape index (κ1) is 11.8. The van der Waals surface area contributed by atoms with E-state index in [1.54, 1.807) is 0 Å². The molecular formula is C9H11N7O2. The number of nitrogens with two attached hydrogens (primary N) is 1. The normalized spacial score (nSPS) is 10.2. The Labute approximate surface area is 101 Å². The van der Waals surface area contributed by atoms with E-state index >= 15 is 0 Å². The highest BCUT2D eigenvalue weighted by molar-refractivity contribution is 6.01. The van der Waals surface area contributed by atoms with Gasteiger partial charge < -0.3 is 11.1 Å². The van der Waals surface area contributed by atoms with Crippen LogP contribution in [0.2, 0.25) is 0 Å². The van der Waals surface area contributed by atoms with Gasteiger partial charge in [0.25, 0.3) is 5.91 Å². The number of nitrogens with zero attached hydrogens (tertiary/aromatic N) is 3. The molecular weight excluding hydrogens is 238 g/mol. The van der Waals surface area contributed by atoms with Crippen LogP contribution in [0.3, 0.4) is 0 Å². The number of rotatable bonds is 5. The molecule has 2 amide bonds. The van der Waals surface area contributed by atoms with Gasteiger partial charge in [-0.15, -0.1) is 0 Å². The molecule has 0 radical (unpaired) electrons. The van der Waals surface area contributed by atoms with Crippen LogP contribution in [0.15, 0.2) is 12.5 Å². The van der Waals surface area contributed by atoms with Gasteiger partial charge in [0.1, 0.15) is 17.8 Å². The van der Waals surface area contributed by atoms with Crippen molar-refractivity contribution in [1.82, 2.24) is 25.4 Å². The van der Waals surface area contributed by atoms with E-state index in [1.807, 2.05) is 0 Å². The lowest BCUT2D eigenvalue weighted by molar-refractivity contribution is -0.116. The van der Waals surface area contributed by atoms with Crippen LogP contribution in [-0.2, 0) is 11.2 Å². The molecule has 0 aliphatic rings. The number of hydrogen-bond donors (Lipinski definition) is 4. The summed E-state index contributed by atoms with van der Waals surface area (Å²) in [5.41, 5.74) is 5.44. The molecule has 0 atom stereocenters. The number of nitrogens with one attached hydrogen (secondary N) is 3. The Balaban J connectivity index is 1.91. The van der Waals surface area contributed by atoms with Gasteiger partial charge >= 0.3 is 0 Å². The van der Waals surface area contributed by atoms with Crippen molar-refractivity contribution >= 4 is 17.5 Å². The fraction of sp³-hybridized carbons (Fsp3) is 0.222. The third-order valence-electron chi connectivity index (χ3n) is 2.21. The van der Waals surface area contributed by atoms with Gasteiger partial charge in [-0.25, -0.2) is 4.98 Å². The van der Waals surface area contributed by atoms with Crippen LogP contribution in [0.4, 0.5) is 5.69 Å². The molecule has 2 aromatic heterocycles. The van der Waals surface area contributed by atoms with E-state index in [-0.39, 0.29) is 23.7 Å². The van der Waals surface area contributed by atoms with Crippen molar-refractivity contribution in [2.75, 3.05) is 5.32 Å². The zero-order valence-corrected chi connectivity index (χ0v) is 9.30. The van der Waals surface area contributed by atoms with Gasteiger partial charge in [0.05, 0.1) is 11.9 Å². The number of H-pyrrole nitrogens is 2. The Morgan fingerprint density at radius 2 is 2.17 bits per heavy atom. The van der Waals surface area contributed by atoms with Crippen molar-refractivity contribution in [3.05, 3.63) is 24.0 Å². The van der Waals surface area contributed by atoms with E-state index in [9.17, 15) is 9.59 Å². The molecule has 94 valence electrons. The van der Waals surface area contributed by atoms with Crippen molar-refractivity contribution in [3.8, 4) is 0 Å². The second-order valence-corrected chi connectivity index (χ2v) is 3.50. The zero-order chi connectivity index (χ0) is 13.0. The van der Waals surface area contributed by atoms with Gasteiger partial charge in [0, 0.05) is 12.8 Å². The molecule has 9 nitrogen and oxygen atoms in total. The second kappa shape index (κ2) is 5.08. The molecule has 9 heteroatoms. The van der Waals surface area contributed by atoms with E-state index in [0.29, 0.717) is 12.2 Å². The number of anilines is 1. The van der Waals surface area contributed by atoms with Crippen molar-refractivity contribution in [3.63, 3.8) is 0 Å². The van der Waals surface area contributed by atoms with Crippen LogP contribution in [0, 0.1) is 0 Å². The highest BCUT2D eigenvalue weighted by Crippen LogP contribution is 2.11. The van der Waals surface area contributed by atoms with E-state index in [4.69, 9.17) is 5.73 Å². The van der Waals surface area contributed by atoms with E-state index < -0.39 is 5.91 Å². The fourth-order valence-corrected chi connectivity index (χ4v) is 1.36. The third kappa shape index (κ3) is 2.70. The third-order valence-corrected chi connectivity index (χ3v) is 2.21. The van der Waals surface area contributed by atoms with Gasteiger partial charge in [-0.3, -0.25) is 19.8 Å².